The highest BCUT2D eigenvalue weighted by atomic mass is 19.1. The first kappa shape index (κ1) is 29.5. The van der Waals surface area contributed by atoms with E-state index in [1.165, 1.54) is 6.07 Å². The summed E-state index contributed by atoms with van der Waals surface area (Å²) in [6.07, 6.45) is 3.15. The average molecular weight is 549 g/mol. The van der Waals surface area contributed by atoms with Crippen molar-refractivity contribution in [1.82, 2.24) is 4.98 Å². The maximum Gasteiger partial charge on any atom is 0.337 e. The lowest BCUT2D eigenvalue weighted by Crippen LogP contribution is -2.39. The van der Waals surface area contributed by atoms with Crippen molar-refractivity contribution in [2.45, 2.75) is 72.5 Å². The Balaban J connectivity index is 1.68. The molecule has 0 amide bonds. The molecule has 0 aliphatic carbocycles. The molecule has 1 aromatic heterocycles. The molecular weight excluding hydrogens is 507 g/mol. The molecule has 0 bridgehead atoms. The summed E-state index contributed by atoms with van der Waals surface area (Å²) in [5.74, 6) is -0.580. The van der Waals surface area contributed by atoms with Gasteiger partial charge in [0.05, 0.1) is 17.9 Å². The smallest absolute Gasteiger partial charge is 0.337 e. The first-order chi connectivity index (χ1) is 18.8. The summed E-state index contributed by atoms with van der Waals surface area (Å²) >= 11 is 0. The molecule has 2 aromatic carbocycles. The molecular formula is C33H41FN2O4. The molecule has 6 nitrogen and oxygen atoms in total. The molecule has 2 heterocycles. The second-order valence-electron chi connectivity index (χ2n) is 12.3. The van der Waals surface area contributed by atoms with Gasteiger partial charge in [0.1, 0.15) is 11.6 Å². The molecule has 1 saturated heterocycles. The highest BCUT2D eigenvalue weighted by molar-refractivity contribution is 5.86. The van der Waals surface area contributed by atoms with Crippen LogP contribution in [0.5, 0.6) is 5.75 Å². The minimum absolute atomic E-state index is 0.229. The number of ether oxygens (including phenoxy) is 2. The number of aliphatic carboxylic acids is 1. The van der Waals surface area contributed by atoms with Crippen LogP contribution in [0.4, 0.5) is 10.1 Å². The monoisotopic (exact) mass is 548 g/mol. The molecule has 1 unspecified atom stereocenters. The number of benzene rings is 2. The third kappa shape index (κ3) is 7.19. The fourth-order valence-electron chi connectivity index (χ4n) is 5.11. The Morgan fingerprint density at radius 2 is 1.75 bits per heavy atom. The number of rotatable bonds is 9. The largest absolute Gasteiger partial charge is 0.493 e. The Hall–Kier alpha value is -3.45. The van der Waals surface area contributed by atoms with Gasteiger partial charge in [-0.1, -0.05) is 44.2 Å². The van der Waals surface area contributed by atoms with Crippen LogP contribution in [0, 0.1) is 18.2 Å². The van der Waals surface area contributed by atoms with E-state index < -0.39 is 17.7 Å². The fourth-order valence-corrected chi connectivity index (χ4v) is 5.11. The highest BCUT2D eigenvalue weighted by Gasteiger charge is 2.35. The van der Waals surface area contributed by atoms with Gasteiger partial charge in [-0.05, 0) is 75.3 Å². The molecule has 1 aliphatic rings. The minimum atomic E-state index is -1.15. The van der Waals surface area contributed by atoms with Crippen molar-refractivity contribution in [2.75, 3.05) is 24.6 Å². The quantitative estimate of drug-likeness (QED) is 0.301. The Morgan fingerprint density at radius 1 is 1.10 bits per heavy atom. The van der Waals surface area contributed by atoms with E-state index in [4.69, 9.17) is 9.47 Å². The van der Waals surface area contributed by atoms with Gasteiger partial charge in [0.15, 0.2) is 6.10 Å². The van der Waals surface area contributed by atoms with Crippen molar-refractivity contribution < 1.29 is 23.8 Å². The zero-order valence-corrected chi connectivity index (χ0v) is 24.5. The number of halogens is 1. The predicted octanol–water partition coefficient (Wildman–Crippen LogP) is 7.38. The van der Waals surface area contributed by atoms with E-state index in [1.54, 1.807) is 12.1 Å². The maximum atomic E-state index is 13.9. The van der Waals surface area contributed by atoms with Crippen LogP contribution < -0.4 is 9.64 Å². The van der Waals surface area contributed by atoms with Crippen molar-refractivity contribution in [1.29, 1.82) is 0 Å². The van der Waals surface area contributed by atoms with E-state index in [-0.39, 0.29) is 11.2 Å². The van der Waals surface area contributed by atoms with E-state index in [1.807, 2.05) is 64.2 Å². The molecule has 214 valence electrons. The Labute approximate surface area is 237 Å². The molecule has 7 heteroatoms. The molecule has 3 aromatic rings. The molecule has 1 aliphatic heterocycles. The van der Waals surface area contributed by atoms with Crippen molar-refractivity contribution >= 4 is 11.7 Å². The van der Waals surface area contributed by atoms with Crippen LogP contribution >= 0.6 is 0 Å². The summed E-state index contributed by atoms with van der Waals surface area (Å²) < 4.78 is 26.0. The van der Waals surface area contributed by atoms with Gasteiger partial charge in [-0.25, -0.2) is 9.18 Å². The van der Waals surface area contributed by atoms with E-state index in [0.29, 0.717) is 35.6 Å². The standard InChI is InChI=1S/C33H41FN2O4/c1-22-28(30(31(37)38)40-32(2,3)4)29(36-18-16-33(5,6)17-19-36)26(21-35-22)23-11-13-25(14-12-23)39-20-15-24-9-7-8-10-27(24)34/h7-14,21,30H,15-20H2,1-6H3,(H,37,38). The van der Waals surface area contributed by atoms with Crippen LogP contribution in [0.2, 0.25) is 0 Å². The van der Waals surface area contributed by atoms with E-state index in [9.17, 15) is 14.3 Å². The fraction of sp³-hybridized carbons (Fsp3) is 0.455. The molecule has 40 heavy (non-hydrogen) atoms. The van der Waals surface area contributed by atoms with Gasteiger partial charge in [0, 0.05) is 42.5 Å². The summed E-state index contributed by atoms with van der Waals surface area (Å²) in [7, 11) is 0. The molecule has 0 saturated carbocycles. The number of aromatic nitrogens is 1. The number of hydrogen-bond donors (Lipinski definition) is 1. The van der Waals surface area contributed by atoms with Crippen molar-refractivity contribution in [3.05, 3.63) is 77.4 Å². The summed E-state index contributed by atoms with van der Waals surface area (Å²) in [6, 6.07) is 14.4. The molecule has 1 fully saturated rings. The summed E-state index contributed by atoms with van der Waals surface area (Å²) in [5.41, 5.74) is 4.09. The molecule has 0 radical (unpaired) electrons. The van der Waals surface area contributed by atoms with Gasteiger partial charge in [0.25, 0.3) is 0 Å². The van der Waals surface area contributed by atoms with E-state index in [2.05, 4.69) is 23.7 Å². The van der Waals surface area contributed by atoms with Gasteiger partial charge in [-0.2, -0.15) is 0 Å². The Bertz CT molecular complexity index is 1320. The lowest BCUT2D eigenvalue weighted by Gasteiger charge is -2.41. The van der Waals surface area contributed by atoms with Gasteiger partial charge in [-0.15, -0.1) is 0 Å². The average Bonchev–Trinajstić information content (AvgIpc) is 2.88. The van der Waals surface area contributed by atoms with Crippen LogP contribution in [-0.4, -0.2) is 41.4 Å². The maximum absolute atomic E-state index is 13.9. The first-order valence-corrected chi connectivity index (χ1v) is 14.0. The van der Waals surface area contributed by atoms with Gasteiger partial charge in [-0.3, -0.25) is 4.98 Å². The van der Waals surface area contributed by atoms with Gasteiger partial charge in [0.2, 0.25) is 0 Å². The summed E-state index contributed by atoms with van der Waals surface area (Å²) in [6.45, 7) is 14.0. The number of pyridine rings is 1. The Morgan fingerprint density at radius 3 is 2.35 bits per heavy atom. The Kier molecular flexibility index (Phi) is 8.83. The number of anilines is 1. The molecule has 0 spiro atoms. The topological polar surface area (TPSA) is 71.9 Å². The number of nitrogens with zero attached hydrogens (tertiary/aromatic N) is 2. The number of carboxylic acid groups (broad SMARTS) is 1. The van der Waals surface area contributed by atoms with Gasteiger partial charge < -0.3 is 19.5 Å². The van der Waals surface area contributed by atoms with Crippen molar-refractivity contribution in [3.8, 4) is 16.9 Å². The second-order valence-corrected chi connectivity index (χ2v) is 12.3. The SMILES string of the molecule is Cc1ncc(-c2ccc(OCCc3ccccc3F)cc2)c(N2CCC(C)(C)CC2)c1C(OC(C)(C)C)C(=O)O. The number of hydrogen-bond acceptors (Lipinski definition) is 5. The third-order valence-electron chi connectivity index (χ3n) is 7.44. The normalized spacial score (nSPS) is 16.0. The minimum Gasteiger partial charge on any atom is -0.493 e. The summed E-state index contributed by atoms with van der Waals surface area (Å²) in [5, 5.41) is 10.3. The molecule has 1 N–H and O–H groups in total. The van der Waals surface area contributed by atoms with Crippen LogP contribution in [0.1, 0.15) is 70.4 Å². The number of piperidine rings is 1. The first-order valence-electron chi connectivity index (χ1n) is 14.0. The lowest BCUT2D eigenvalue weighted by molar-refractivity contribution is -0.160. The van der Waals surface area contributed by atoms with E-state index in [0.717, 1.165) is 42.7 Å². The number of carboxylic acids is 1. The van der Waals surface area contributed by atoms with Crippen molar-refractivity contribution in [3.63, 3.8) is 0 Å². The molecule has 4 rings (SSSR count). The zero-order chi connectivity index (χ0) is 29.1. The third-order valence-corrected chi connectivity index (χ3v) is 7.44. The van der Waals surface area contributed by atoms with Crippen LogP contribution in [-0.2, 0) is 16.0 Å². The molecule has 1 atom stereocenters. The van der Waals surface area contributed by atoms with Gasteiger partial charge >= 0.3 is 5.97 Å². The van der Waals surface area contributed by atoms with E-state index >= 15 is 0 Å². The number of aryl methyl sites for hydroxylation is 1. The highest BCUT2D eigenvalue weighted by Crippen LogP contribution is 2.43. The number of carbonyl (C=O) groups is 1. The van der Waals surface area contributed by atoms with Crippen molar-refractivity contribution in [2.24, 2.45) is 5.41 Å². The van der Waals surface area contributed by atoms with Crippen LogP contribution in [0.3, 0.4) is 0 Å². The second kappa shape index (κ2) is 12.0. The van der Waals surface area contributed by atoms with Crippen LogP contribution in [0.15, 0.2) is 54.7 Å². The zero-order valence-electron chi connectivity index (χ0n) is 24.5. The predicted molar refractivity (Wildman–Crippen MR) is 156 cm³/mol. The van der Waals surface area contributed by atoms with Crippen LogP contribution in [0.25, 0.3) is 11.1 Å². The lowest BCUT2D eigenvalue weighted by atomic mass is 9.82. The summed E-state index contributed by atoms with van der Waals surface area (Å²) in [4.78, 5) is 19.5.